The van der Waals surface area contributed by atoms with E-state index in [9.17, 15) is 38.7 Å². The normalized spacial score (nSPS) is 36.1. The molecule has 4 aromatic rings. The van der Waals surface area contributed by atoms with Crippen LogP contribution >= 0.6 is 40.5 Å². The molecular weight excluding hydrogens is 730 g/mol. The summed E-state index contributed by atoms with van der Waals surface area (Å²) in [6.07, 6.45) is -13.6. The number of nitrogens with two attached hydrogens (primary N) is 2. The number of phosphoric acid groups is 2. The van der Waals surface area contributed by atoms with Gasteiger partial charge in [0.2, 0.25) is 11.9 Å². The number of rotatable bonds is 2. The van der Waals surface area contributed by atoms with Crippen LogP contribution in [-0.2, 0) is 36.7 Å². The molecule has 4 unspecified atom stereocenters. The van der Waals surface area contributed by atoms with E-state index >= 15 is 0 Å². The van der Waals surface area contributed by atoms with Crippen LogP contribution in [0.2, 0.25) is 0 Å². The molecule has 0 spiro atoms. The fourth-order valence-corrected chi connectivity index (χ4v) is 8.12. The monoisotopic (exact) mass is 754 g/mol. The Balaban J connectivity index is 1.20. The third-order valence-electron chi connectivity index (χ3n) is 7.59. The van der Waals surface area contributed by atoms with Crippen molar-refractivity contribution in [3.63, 3.8) is 0 Å². The first-order valence-corrected chi connectivity index (χ1v) is 17.3. The van der Waals surface area contributed by atoms with E-state index in [-0.39, 0.29) is 44.2 Å². The van der Waals surface area contributed by atoms with Crippen LogP contribution in [0.3, 0.4) is 0 Å². The first-order valence-electron chi connectivity index (χ1n) is 13.5. The predicted octanol–water partition coefficient (Wildman–Crippen LogP) is -2.10. The van der Waals surface area contributed by atoms with Crippen LogP contribution in [-0.4, -0.2) is 109 Å². The molecule has 28 heteroatoms. The largest absolute Gasteiger partial charge is 0.472 e. The van der Waals surface area contributed by atoms with Crippen LogP contribution in [0.4, 0.5) is 11.9 Å². The number of hydrogen-bond acceptors (Lipinski definition) is 19. The standard InChI is InChI=1S/C20H24N10O14P2S2/c21-17-25-11-5(13(33)27-17)23-19(47)29(11)15-7(31)9-3(41-15)1-39-45(35,36)44-10-4(2-40-46(37,38)43-9)42-16(8(10)32)30-12-6(24-20(30)48)14(34)28-18(22)26-12/h3-4,7-10,15-16,31-32H,1-2H2,(H,23,47)(H,24,48)(H,35,36)(H,37,38)(H3,21,25,27,33)(H3,22,26,28,34)/t3-,4-,7+,8?,9?,10+,15-,16-/m1/s1. The van der Waals surface area contributed by atoms with E-state index in [1.807, 2.05) is 0 Å². The van der Waals surface area contributed by atoms with Gasteiger partial charge >= 0.3 is 15.6 Å². The number of fused-ring (bicyclic) bond motifs is 4. The number of aromatic nitrogens is 8. The van der Waals surface area contributed by atoms with Crippen molar-refractivity contribution in [1.29, 1.82) is 0 Å². The molecule has 24 nitrogen and oxygen atoms in total. The van der Waals surface area contributed by atoms with E-state index < -0.39 is 89.1 Å². The summed E-state index contributed by atoms with van der Waals surface area (Å²) in [4.78, 5) is 65.1. The number of nitrogens with one attached hydrogen (secondary N) is 3. The Hall–Kier alpha value is -3.07. The Bertz CT molecular complexity index is 2220. The number of phosphoric ester groups is 2. The zero-order valence-electron chi connectivity index (χ0n) is 23.5. The van der Waals surface area contributed by atoms with Crippen molar-refractivity contribution in [1.82, 2.24) is 39.0 Å². The van der Waals surface area contributed by atoms with Crippen LogP contribution < -0.4 is 22.6 Å². The van der Waals surface area contributed by atoms with Crippen molar-refractivity contribution < 1.29 is 56.7 Å². The molecule has 0 saturated carbocycles. The second-order valence-corrected chi connectivity index (χ2v) is 14.2. The summed E-state index contributed by atoms with van der Waals surface area (Å²) in [7, 11) is -10.3. The summed E-state index contributed by atoms with van der Waals surface area (Å²) in [5.41, 5.74) is 9.15. The third-order valence-corrected chi connectivity index (χ3v) is 10.2. The number of nitrogens with zero attached hydrogens (tertiary/aromatic N) is 5. The first-order chi connectivity index (χ1) is 22.5. The number of hydrogen-bond donors (Lipinski definition) is 10. The van der Waals surface area contributed by atoms with Gasteiger partial charge in [0.25, 0.3) is 11.1 Å². The van der Waals surface area contributed by atoms with E-state index in [4.69, 9.17) is 51.3 Å². The van der Waals surface area contributed by atoms with Crippen molar-refractivity contribution in [2.75, 3.05) is 24.7 Å². The maximum absolute atomic E-state index is 13.2. The lowest BCUT2D eigenvalue weighted by Gasteiger charge is -2.27. The van der Waals surface area contributed by atoms with Gasteiger partial charge in [-0.1, -0.05) is 0 Å². The highest BCUT2D eigenvalue weighted by Crippen LogP contribution is 2.53. The molecule has 260 valence electrons. The van der Waals surface area contributed by atoms with Crippen LogP contribution in [0.5, 0.6) is 0 Å². The van der Waals surface area contributed by atoms with Gasteiger partial charge in [-0.05, 0) is 12.2 Å². The predicted molar refractivity (Wildman–Crippen MR) is 161 cm³/mol. The molecular formula is C20H24N10O14P2S2. The highest BCUT2D eigenvalue weighted by Gasteiger charge is 2.54. The number of imidazole rings is 2. The minimum atomic E-state index is -5.15. The molecule has 48 heavy (non-hydrogen) atoms. The molecule has 3 saturated heterocycles. The van der Waals surface area contributed by atoms with Crippen molar-refractivity contribution in [2.45, 2.75) is 54.2 Å². The molecule has 7 heterocycles. The van der Waals surface area contributed by atoms with Gasteiger partial charge in [0.1, 0.15) is 36.6 Å². The van der Waals surface area contributed by atoms with Gasteiger partial charge in [-0.25, -0.2) is 14.1 Å². The minimum Gasteiger partial charge on any atom is -0.386 e. The number of aliphatic hydroxyl groups is 2. The molecule has 0 bridgehead atoms. The maximum Gasteiger partial charge on any atom is 0.472 e. The summed E-state index contributed by atoms with van der Waals surface area (Å²) in [5.74, 6) is -0.621. The fraction of sp³-hybridized carbons (Fsp3) is 0.500. The fourth-order valence-electron chi connectivity index (χ4n) is 5.59. The summed E-state index contributed by atoms with van der Waals surface area (Å²) in [5, 5.41) is 22.3. The van der Waals surface area contributed by atoms with Gasteiger partial charge in [0, 0.05) is 0 Å². The van der Waals surface area contributed by atoms with Gasteiger partial charge in [0.15, 0.2) is 44.7 Å². The first kappa shape index (κ1) is 33.4. The van der Waals surface area contributed by atoms with Gasteiger partial charge in [-0.2, -0.15) is 9.97 Å². The average Bonchev–Trinajstić information content (AvgIpc) is 3.67. The molecule has 10 atom stereocenters. The zero-order chi connectivity index (χ0) is 34.4. The number of aliphatic hydroxyl groups excluding tert-OH is 2. The molecule has 0 amide bonds. The van der Waals surface area contributed by atoms with E-state index in [0.717, 1.165) is 9.13 Å². The Morgan fingerprint density at radius 2 is 1.31 bits per heavy atom. The van der Waals surface area contributed by atoms with Crippen molar-refractivity contribution >= 4 is 74.7 Å². The van der Waals surface area contributed by atoms with Crippen molar-refractivity contribution in [2.24, 2.45) is 0 Å². The quantitative estimate of drug-likeness (QED) is 0.0595. The minimum absolute atomic E-state index is 0.138. The van der Waals surface area contributed by atoms with Crippen molar-refractivity contribution in [3.8, 4) is 0 Å². The lowest BCUT2D eigenvalue weighted by atomic mass is 10.1. The van der Waals surface area contributed by atoms with Crippen LogP contribution in [0.25, 0.3) is 22.3 Å². The summed E-state index contributed by atoms with van der Waals surface area (Å²) < 4.78 is 60.6. The second-order valence-electron chi connectivity index (χ2n) is 10.6. The van der Waals surface area contributed by atoms with Crippen LogP contribution in [0.1, 0.15) is 12.5 Å². The van der Waals surface area contributed by atoms with Crippen LogP contribution in [0.15, 0.2) is 14.7 Å². The third kappa shape index (κ3) is 5.71. The average molecular weight is 755 g/mol. The summed E-state index contributed by atoms with van der Waals surface area (Å²) >= 11 is 9.48. The van der Waals surface area contributed by atoms with Gasteiger partial charge in [0.05, 0.1) is 13.2 Å². The molecule has 3 aliphatic heterocycles. The molecule has 0 radical (unpaired) electrons. The summed E-state index contributed by atoms with van der Waals surface area (Å²) in [6, 6.07) is 0. The number of H-pyrrole nitrogens is 3. The SMILES string of the molecule is Nc1nc2c(nc(S)n2[C@@H]2O[C@@H]3COP(=O)(O)OC4[C@@H](COP(=O)(O)O[C@@H]3C2O)O[C@@H](n2c(=S)[nH]c3c(=O)[nH]c(N)nc32)[C@H]4O)c(=O)[nH]1. The molecule has 7 rings (SSSR count). The van der Waals surface area contributed by atoms with Crippen LogP contribution in [0, 0.1) is 4.77 Å². The topological polar surface area (TPSA) is 353 Å². The molecule has 0 aromatic carbocycles. The number of anilines is 2. The number of nitrogen functional groups attached to an aromatic ring is 2. The number of ether oxygens (including phenoxy) is 2. The molecule has 3 aliphatic rings. The molecule has 0 aliphatic carbocycles. The Kier molecular flexibility index (Phi) is 8.20. The Labute approximate surface area is 274 Å². The zero-order valence-corrected chi connectivity index (χ0v) is 27.0. The number of thiol groups is 1. The van der Waals surface area contributed by atoms with E-state index in [1.54, 1.807) is 0 Å². The van der Waals surface area contributed by atoms with Gasteiger partial charge in [-0.15, -0.1) is 12.6 Å². The van der Waals surface area contributed by atoms with E-state index in [1.165, 1.54) is 0 Å². The highest BCUT2D eigenvalue weighted by molar-refractivity contribution is 7.80. The Morgan fingerprint density at radius 1 is 0.812 bits per heavy atom. The van der Waals surface area contributed by atoms with E-state index in [2.05, 4.69) is 42.5 Å². The van der Waals surface area contributed by atoms with Crippen molar-refractivity contribution in [3.05, 3.63) is 25.5 Å². The lowest BCUT2D eigenvalue weighted by molar-refractivity contribution is -0.0676. The second kappa shape index (κ2) is 11.8. The van der Waals surface area contributed by atoms with Gasteiger partial charge < -0.3 is 45.9 Å². The summed E-state index contributed by atoms with van der Waals surface area (Å²) in [6.45, 7) is -1.82. The molecule has 4 aromatic heterocycles. The molecule has 11 N–H and O–H groups in total. The number of aromatic amines is 3. The van der Waals surface area contributed by atoms with E-state index in [0.29, 0.717) is 0 Å². The lowest BCUT2D eigenvalue weighted by Crippen LogP contribution is -2.39. The highest BCUT2D eigenvalue weighted by atomic mass is 32.1. The maximum atomic E-state index is 13.2. The molecule has 3 fully saturated rings. The smallest absolute Gasteiger partial charge is 0.386 e. The van der Waals surface area contributed by atoms with Gasteiger partial charge in [-0.3, -0.25) is 46.8 Å². The Morgan fingerprint density at radius 3 is 1.88 bits per heavy atom.